The van der Waals surface area contributed by atoms with Gasteiger partial charge in [-0.25, -0.2) is 0 Å². The van der Waals surface area contributed by atoms with Gasteiger partial charge < -0.3 is 5.32 Å². The number of rotatable bonds is 5. The molecule has 0 fully saturated rings. The van der Waals surface area contributed by atoms with Crippen molar-refractivity contribution in [1.82, 2.24) is 10.2 Å². The van der Waals surface area contributed by atoms with Crippen LogP contribution in [0.15, 0.2) is 18.2 Å². The Kier molecular flexibility index (Phi) is 4.31. The van der Waals surface area contributed by atoms with Gasteiger partial charge in [-0.05, 0) is 31.4 Å². The summed E-state index contributed by atoms with van der Waals surface area (Å²) in [4.78, 5) is 0. The Labute approximate surface area is 112 Å². The van der Waals surface area contributed by atoms with E-state index in [0.717, 1.165) is 29.4 Å². The van der Waals surface area contributed by atoms with Gasteiger partial charge in [0.1, 0.15) is 10.0 Å². The molecule has 2 aromatic rings. The molecule has 0 aliphatic heterocycles. The number of anilines is 1. The van der Waals surface area contributed by atoms with Crippen LogP contribution in [-0.4, -0.2) is 10.2 Å². The maximum Gasteiger partial charge on any atom is 0.136 e. The second-order valence-electron chi connectivity index (χ2n) is 4.46. The van der Waals surface area contributed by atoms with Gasteiger partial charge in [0.25, 0.3) is 0 Å². The van der Waals surface area contributed by atoms with Crippen LogP contribution in [0.5, 0.6) is 0 Å². The van der Waals surface area contributed by atoms with Crippen LogP contribution in [0.25, 0.3) is 0 Å². The number of aromatic nitrogens is 2. The van der Waals surface area contributed by atoms with Gasteiger partial charge in [0.05, 0.1) is 6.54 Å². The van der Waals surface area contributed by atoms with E-state index in [0.29, 0.717) is 0 Å². The molecule has 96 valence electrons. The SMILES string of the molecule is CCCc1nnc(CNc2c(C)cccc2C)s1. The van der Waals surface area contributed by atoms with Gasteiger partial charge in [0.15, 0.2) is 0 Å². The molecule has 1 aromatic heterocycles. The van der Waals surface area contributed by atoms with Crippen LogP contribution in [-0.2, 0) is 13.0 Å². The van der Waals surface area contributed by atoms with Gasteiger partial charge in [0, 0.05) is 12.1 Å². The Balaban J connectivity index is 2.02. The number of hydrogen-bond donors (Lipinski definition) is 1. The largest absolute Gasteiger partial charge is 0.378 e. The van der Waals surface area contributed by atoms with Gasteiger partial charge in [-0.15, -0.1) is 10.2 Å². The van der Waals surface area contributed by atoms with E-state index in [1.54, 1.807) is 11.3 Å². The standard InChI is InChI=1S/C14H19N3S/c1-4-6-12-16-17-13(18-12)9-15-14-10(2)7-5-8-11(14)3/h5,7-8,15H,4,6,9H2,1-3H3. The van der Waals surface area contributed by atoms with Crippen molar-refractivity contribution in [3.63, 3.8) is 0 Å². The van der Waals surface area contributed by atoms with E-state index in [9.17, 15) is 0 Å². The highest BCUT2D eigenvalue weighted by Gasteiger charge is 2.05. The minimum atomic E-state index is 0.757. The summed E-state index contributed by atoms with van der Waals surface area (Å²) >= 11 is 1.70. The van der Waals surface area contributed by atoms with Crippen LogP contribution in [0.4, 0.5) is 5.69 Å². The number of benzene rings is 1. The number of aryl methyl sites for hydroxylation is 3. The lowest BCUT2D eigenvalue weighted by Gasteiger charge is -2.10. The smallest absolute Gasteiger partial charge is 0.136 e. The monoisotopic (exact) mass is 261 g/mol. The lowest BCUT2D eigenvalue weighted by Crippen LogP contribution is -2.02. The molecule has 1 heterocycles. The van der Waals surface area contributed by atoms with Crippen molar-refractivity contribution in [2.75, 3.05) is 5.32 Å². The Hall–Kier alpha value is -1.42. The first kappa shape index (κ1) is 13.0. The summed E-state index contributed by atoms with van der Waals surface area (Å²) in [6, 6.07) is 6.33. The summed E-state index contributed by atoms with van der Waals surface area (Å²) in [6.45, 7) is 7.17. The zero-order chi connectivity index (χ0) is 13.0. The average molecular weight is 261 g/mol. The van der Waals surface area contributed by atoms with Gasteiger partial charge in [0.2, 0.25) is 0 Å². The number of hydrogen-bond acceptors (Lipinski definition) is 4. The molecule has 2 rings (SSSR count). The average Bonchev–Trinajstić information content (AvgIpc) is 2.77. The molecule has 0 unspecified atom stereocenters. The molecule has 0 atom stereocenters. The van der Waals surface area contributed by atoms with E-state index in [2.05, 4.69) is 54.5 Å². The van der Waals surface area contributed by atoms with Gasteiger partial charge in [-0.1, -0.05) is 36.5 Å². The zero-order valence-electron chi connectivity index (χ0n) is 11.2. The molecular formula is C14H19N3S. The summed E-state index contributed by atoms with van der Waals surface area (Å²) in [5.41, 5.74) is 3.76. The summed E-state index contributed by atoms with van der Waals surface area (Å²) in [7, 11) is 0. The van der Waals surface area contributed by atoms with Crippen LogP contribution < -0.4 is 5.32 Å². The molecule has 0 amide bonds. The van der Waals surface area contributed by atoms with E-state index in [1.165, 1.54) is 16.8 Å². The van der Waals surface area contributed by atoms with E-state index in [1.807, 2.05) is 0 Å². The summed E-state index contributed by atoms with van der Waals surface area (Å²) in [5.74, 6) is 0. The Bertz CT molecular complexity index is 499. The van der Waals surface area contributed by atoms with Crippen LogP contribution in [0, 0.1) is 13.8 Å². The highest BCUT2D eigenvalue weighted by atomic mass is 32.1. The molecule has 1 N–H and O–H groups in total. The molecule has 3 nitrogen and oxygen atoms in total. The third-order valence-corrected chi connectivity index (χ3v) is 3.85. The molecule has 0 radical (unpaired) electrons. The molecule has 0 aliphatic carbocycles. The summed E-state index contributed by atoms with van der Waals surface area (Å²) in [5, 5.41) is 14.1. The van der Waals surface area contributed by atoms with Crippen LogP contribution in [0.2, 0.25) is 0 Å². The Morgan fingerprint density at radius 2 is 1.78 bits per heavy atom. The van der Waals surface area contributed by atoms with E-state index >= 15 is 0 Å². The summed E-state index contributed by atoms with van der Waals surface area (Å²) in [6.07, 6.45) is 2.15. The Morgan fingerprint density at radius 3 is 2.44 bits per heavy atom. The first-order valence-corrected chi connectivity index (χ1v) is 7.13. The fourth-order valence-electron chi connectivity index (χ4n) is 1.93. The maximum absolute atomic E-state index is 4.22. The van der Waals surface area contributed by atoms with Crippen LogP contribution in [0.3, 0.4) is 0 Å². The van der Waals surface area contributed by atoms with Crippen LogP contribution in [0.1, 0.15) is 34.5 Å². The molecule has 4 heteroatoms. The lowest BCUT2D eigenvalue weighted by molar-refractivity contribution is 0.868. The molecule has 0 saturated carbocycles. The van der Waals surface area contributed by atoms with Crippen molar-refractivity contribution in [1.29, 1.82) is 0 Å². The van der Waals surface area contributed by atoms with Crippen LogP contribution >= 0.6 is 11.3 Å². The second-order valence-corrected chi connectivity index (χ2v) is 5.61. The predicted octanol–water partition coefficient (Wildman–Crippen LogP) is 3.72. The number of nitrogens with zero attached hydrogens (tertiary/aromatic N) is 2. The van der Waals surface area contributed by atoms with Crippen molar-refractivity contribution >= 4 is 17.0 Å². The molecule has 0 bridgehead atoms. The number of para-hydroxylation sites is 1. The highest BCUT2D eigenvalue weighted by Crippen LogP contribution is 2.21. The minimum absolute atomic E-state index is 0.757. The van der Waals surface area contributed by atoms with Gasteiger partial charge >= 0.3 is 0 Å². The van der Waals surface area contributed by atoms with Gasteiger partial charge in [-0.3, -0.25) is 0 Å². The fourth-order valence-corrected chi connectivity index (χ4v) is 2.82. The molecule has 0 saturated heterocycles. The van der Waals surface area contributed by atoms with Crippen molar-refractivity contribution in [2.45, 2.75) is 40.2 Å². The van der Waals surface area contributed by atoms with E-state index in [4.69, 9.17) is 0 Å². The third-order valence-electron chi connectivity index (χ3n) is 2.87. The third kappa shape index (κ3) is 3.07. The Morgan fingerprint density at radius 1 is 1.11 bits per heavy atom. The molecule has 1 aromatic carbocycles. The molecular weight excluding hydrogens is 242 g/mol. The van der Waals surface area contributed by atoms with Crippen molar-refractivity contribution < 1.29 is 0 Å². The van der Waals surface area contributed by atoms with Crippen molar-refractivity contribution in [3.05, 3.63) is 39.3 Å². The number of nitrogens with one attached hydrogen (secondary N) is 1. The minimum Gasteiger partial charge on any atom is -0.378 e. The quantitative estimate of drug-likeness (QED) is 0.891. The van der Waals surface area contributed by atoms with E-state index < -0.39 is 0 Å². The second kappa shape index (κ2) is 5.96. The van der Waals surface area contributed by atoms with E-state index in [-0.39, 0.29) is 0 Å². The first-order chi connectivity index (χ1) is 8.70. The molecule has 0 aliphatic rings. The van der Waals surface area contributed by atoms with Crippen molar-refractivity contribution in [2.24, 2.45) is 0 Å². The molecule has 0 spiro atoms. The first-order valence-electron chi connectivity index (χ1n) is 6.32. The topological polar surface area (TPSA) is 37.8 Å². The fraction of sp³-hybridized carbons (Fsp3) is 0.429. The van der Waals surface area contributed by atoms with Gasteiger partial charge in [-0.2, -0.15) is 0 Å². The predicted molar refractivity (Wildman–Crippen MR) is 77.1 cm³/mol. The summed E-state index contributed by atoms with van der Waals surface area (Å²) < 4.78 is 0. The lowest BCUT2D eigenvalue weighted by atomic mass is 10.1. The zero-order valence-corrected chi connectivity index (χ0v) is 12.0. The molecule has 18 heavy (non-hydrogen) atoms. The normalized spacial score (nSPS) is 10.6. The van der Waals surface area contributed by atoms with Crippen molar-refractivity contribution in [3.8, 4) is 0 Å². The highest BCUT2D eigenvalue weighted by molar-refractivity contribution is 7.11. The maximum atomic E-state index is 4.22.